The molecule has 2 aliphatic rings. The third kappa shape index (κ3) is 9.17. The summed E-state index contributed by atoms with van der Waals surface area (Å²) in [4.78, 5) is 43.3. The third-order valence-electron chi connectivity index (χ3n) is 7.84. The number of halogens is 6. The number of rotatable bonds is 9. The van der Waals surface area contributed by atoms with Gasteiger partial charge in [0.15, 0.2) is 11.6 Å². The average molecular weight is 661 g/mol. The molecule has 2 heterocycles. The Balaban J connectivity index is 1.35. The van der Waals surface area contributed by atoms with Crippen LogP contribution in [0.15, 0.2) is 30.3 Å². The van der Waals surface area contributed by atoms with E-state index in [2.05, 4.69) is 10.6 Å². The van der Waals surface area contributed by atoms with Gasteiger partial charge in [-0.1, -0.05) is 17.7 Å². The van der Waals surface area contributed by atoms with Gasteiger partial charge in [0.05, 0.1) is 29.9 Å². The minimum absolute atomic E-state index is 0.0472. The molecule has 0 bridgehead atoms. The van der Waals surface area contributed by atoms with E-state index in [0.29, 0.717) is 50.0 Å². The molecule has 4 rings (SSSR count). The molecule has 246 valence electrons. The van der Waals surface area contributed by atoms with E-state index in [1.165, 1.54) is 23.1 Å². The first-order valence-electron chi connectivity index (χ1n) is 14.3. The molecule has 2 aromatic rings. The number of carbonyl (C=O) groups excluding carboxylic acids is 2. The number of piperazine rings is 2. The number of carboxylic acid groups (broad SMARTS) is 1. The van der Waals surface area contributed by atoms with Crippen molar-refractivity contribution in [1.29, 1.82) is 0 Å². The number of alkyl halides is 3. The highest BCUT2D eigenvalue weighted by Crippen LogP contribution is 2.31. The zero-order valence-corrected chi connectivity index (χ0v) is 25.2. The second-order valence-electron chi connectivity index (χ2n) is 11.0. The molecule has 0 aromatic heterocycles. The van der Waals surface area contributed by atoms with Crippen LogP contribution in [0.25, 0.3) is 0 Å². The third-order valence-corrected chi connectivity index (χ3v) is 8.08. The van der Waals surface area contributed by atoms with Crippen LogP contribution in [-0.4, -0.2) is 109 Å². The van der Waals surface area contributed by atoms with Gasteiger partial charge in [0, 0.05) is 75.5 Å². The summed E-state index contributed by atoms with van der Waals surface area (Å²) in [7, 11) is 0. The highest BCUT2D eigenvalue weighted by molar-refractivity contribution is 6.31. The van der Waals surface area contributed by atoms with E-state index in [1.807, 2.05) is 4.90 Å². The summed E-state index contributed by atoms with van der Waals surface area (Å²) >= 11 is 6.17. The Morgan fingerprint density at radius 3 is 2.31 bits per heavy atom. The summed E-state index contributed by atoms with van der Waals surface area (Å²) in [5.41, 5.74) is 0.0240. The van der Waals surface area contributed by atoms with Gasteiger partial charge >= 0.3 is 12.3 Å². The molecule has 1 atom stereocenters. The molecule has 0 saturated carbocycles. The number of hydrogen-bond donors (Lipinski definition) is 3. The molecule has 3 N–H and O–H groups in total. The van der Waals surface area contributed by atoms with Crippen molar-refractivity contribution in [3.63, 3.8) is 0 Å². The maximum atomic E-state index is 15.0. The maximum Gasteiger partial charge on any atom is 0.407 e. The number of nitrogens with one attached hydrogen (secondary N) is 2. The first-order chi connectivity index (χ1) is 21.2. The molecule has 16 heteroatoms. The predicted molar refractivity (Wildman–Crippen MR) is 158 cm³/mol. The van der Waals surface area contributed by atoms with Gasteiger partial charge in [-0.3, -0.25) is 19.4 Å². The molecule has 0 aliphatic carbocycles. The summed E-state index contributed by atoms with van der Waals surface area (Å²) in [5.74, 6) is -4.07. The summed E-state index contributed by atoms with van der Waals surface area (Å²) in [5, 5.41) is 14.6. The van der Waals surface area contributed by atoms with Crippen LogP contribution in [0.4, 0.5) is 38.1 Å². The molecule has 45 heavy (non-hydrogen) atoms. The Kier molecular flexibility index (Phi) is 11.1. The topological polar surface area (TPSA) is 108 Å². The summed E-state index contributed by atoms with van der Waals surface area (Å²) in [6.07, 6.45) is -6.19. The number of carbonyl (C=O) groups is 3. The van der Waals surface area contributed by atoms with Crippen molar-refractivity contribution in [3.05, 3.63) is 58.1 Å². The normalized spacial score (nSPS) is 18.2. The van der Waals surface area contributed by atoms with Crippen LogP contribution in [0.3, 0.4) is 0 Å². The van der Waals surface area contributed by atoms with Gasteiger partial charge in [0.2, 0.25) is 5.91 Å². The first kappa shape index (κ1) is 34.2. The van der Waals surface area contributed by atoms with Gasteiger partial charge < -0.3 is 25.5 Å². The predicted octanol–water partition coefficient (Wildman–Crippen LogP) is 4.25. The smallest absolute Gasteiger partial charge is 0.407 e. The monoisotopic (exact) mass is 660 g/mol. The Hall–Kier alpha value is -3.69. The lowest BCUT2D eigenvalue weighted by Crippen LogP contribution is -2.55. The van der Waals surface area contributed by atoms with Crippen molar-refractivity contribution in [2.75, 3.05) is 69.1 Å². The van der Waals surface area contributed by atoms with Crippen LogP contribution in [0, 0.1) is 11.6 Å². The molecular formula is C29H34ClF5N6O4. The number of anilines is 2. The van der Waals surface area contributed by atoms with Crippen molar-refractivity contribution < 1.29 is 41.4 Å². The van der Waals surface area contributed by atoms with Crippen LogP contribution in [0.2, 0.25) is 5.02 Å². The SMILES string of the molecule is CC1CN(CC(=O)NCc2ccc(C(=O)Nc3ccc(Cl)cc3N3CCN(CCC(F)(F)F)CC3)c(F)c2F)CCN1C(=O)O. The van der Waals surface area contributed by atoms with Crippen LogP contribution in [-0.2, 0) is 11.3 Å². The van der Waals surface area contributed by atoms with Crippen molar-refractivity contribution in [2.24, 2.45) is 0 Å². The Morgan fingerprint density at radius 2 is 1.67 bits per heavy atom. The fourth-order valence-electron chi connectivity index (χ4n) is 5.37. The van der Waals surface area contributed by atoms with Gasteiger partial charge in [-0.25, -0.2) is 13.6 Å². The number of amides is 3. The first-order valence-corrected chi connectivity index (χ1v) is 14.7. The van der Waals surface area contributed by atoms with Gasteiger partial charge in [0.25, 0.3) is 5.91 Å². The zero-order valence-electron chi connectivity index (χ0n) is 24.5. The minimum Gasteiger partial charge on any atom is -0.465 e. The van der Waals surface area contributed by atoms with E-state index in [0.717, 1.165) is 6.07 Å². The lowest BCUT2D eigenvalue weighted by atomic mass is 10.1. The van der Waals surface area contributed by atoms with Crippen LogP contribution in [0.1, 0.15) is 29.3 Å². The van der Waals surface area contributed by atoms with Crippen molar-refractivity contribution >= 4 is 40.9 Å². The van der Waals surface area contributed by atoms with Crippen molar-refractivity contribution in [3.8, 4) is 0 Å². The van der Waals surface area contributed by atoms with Gasteiger partial charge in [-0.15, -0.1) is 0 Å². The zero-order chi connectivity index (χ0) is 32.9. The van der Waals surface area contributed by atoms with Crippen LogP contribution < -0.4 is 15.5 Å². The largest absolute Gasteiger partial charge is 0.465 e. The minimum atomic E-state index is -4.25. The number of benzene rings is 2. The van der Waals surface area contributed by atoms with Gasteiger partial charge in [0.1, 0.15) is 0 Å². The van der Waals surface area contributed by atoms with E-state index in [-0.39, 0.29) is 43.5 Å². The van der Waals surface area contributed by atoms with E-state index in [1.54, 1.807) is 22.8 Å². The Labute approximate surface area is 261 Å². The van der Waals surface area contributed by atoms with Crippen molar-refractivity contribution in [1.82, 2.24) is 20.0 Å². The molecular weight excluding hydrogens is 627 g/mol. The van der Waals surface area contributed by atoms with Crippen LogP contribution >= 0.6 is 11.6 Å². The molecule has 10 nitrogen and oxygen atoms in total. The quantitative estimate of drug-likeness (QED) is 0.346. The molecule has 0 radical (unpaired) electrons. The summed E-state index contributed by atoms with van der Waals surface area (Å²) in [6, 6.07) is 6.60. The van der Waals surface area contributed by atoms with Crippen molar-refractivity contribution in [2.45, 2.75) is 32.1 Å². The van der Waals surface area contributed by atoms with E-state index in [9.17, 15) is 37.1 Å². The second kappa shape index (κ2) is 14.6. The highest BCUT2D eigenvalue weighted by Gasteiger charge is 2.30. The Bertz CT molecular complexity index is 1410. The lowest BCUT2D eigenvalue weighted by Gasteiger charge is -2.37. The lowest BCUT2D eigenvalue weighted by molar-refractivity contribution is -0.138. The summed E-state index contributed by atoms with van der Waals surface area (Å²) < 4.78 is 67.8. The average Bonchev–Trinajstić information content (AvgIpc) is 2.97. The fraction of sp³-hybridized carbons (Fsp3) is 0.483. The van der Waals surface area contributed by atoms with E-state index >= 15 is 4.39 Å². The standard InChI is InChI=1S/C29H34ClF5N6O4/c1-18-16-39(10-13-41(18)28(44)45)17-24(42)36-15-19-2-4-21(26(32)25(19)31)27(43)37-22-5-3-20(30)14-23(22)40-11-8-38(9-12-40)7-6-29(33,34)35/h2-5,14,18H,6-13,15-17H2,1H3,(H,36,42)(H,37,43)(H,44,45). The number of nitrogens with zero attached hydrogens (tertiary/aromatic N) is 4. The summed E-state index contributed by atoms with van der Waals surface area (Å²) in [6.45, 7) is 3.61. The molecule has 0 spiro atoms. The van der Waals surface area contributed by atoms with Gasteiger partial charge in [-0.05, 0) is 31.2 Å². The molecule has 2 aromatic carbocycles. The number of hydrogen-bond acceptors (Lipinski definition) is 6. The molecule has 1 unspecified atom stereocenters. The second-order valence-corrected chi connectivity index (χ2v) is 11.5. The molecule has 2 fully saturated rings. The molecule has 2 aliphatic heterocycles. The molecule has 3 amide bonds. The van der Waals surface area contributed by atoms with E-state index < -0.39 is 47.7 Å². The fourth-order valence-corrected chi connectivity index (χ4v) is 5.54. The maximum absolute atomic E-state index is 15.0. The van der Waals surface area contributed by atoms with Gasteiger partial charge in [-0.2, -0.15) is 13.2 Å². The molecule has 2 saturated heterocycles. The highest BCUT2D eigenvalue weighted by atomic mass is 35.5. The van der Waals surface area contributed by atoms with Crippen LogP contribution in [0.5, 0.6) is 0 Å². The Morgan fingerprint density at radius 1 is 0.978 bits per heavy atom. The van der Waals surface area contributed by atoms with E-state index in [4.69, 9.17) is 11.6 Å².